The van der Waals surface area contributed by atoms with Crippen LogP contribution in [-0.4, -0.2) is 53.4 Å². The lowest BCUT2D eigenvalue weighted by Crippen LogP contribution is -2.51. The predicted molar refractivity (Wildman–Crippen MR) is 154 cm³/mol. The Bertz CT molecular complexity index is 1340. The lowest BCUT2D eigenvalue weighted by Gasteiger charge is -2.39. The molecule has 222 valence electrons. The average Bonchev–Trinajstić information content (AvgIpc) is 3.66. The van der Waals surface area contributed by atoms with Crippen molar-refractivity contribution in [2.24, 2.45) is 35.6 Å². The van der Waals surface area contributed by atoms with Gasteiger partial charge in [-0.05, 0) is 94.1 Å². The van der Waals surface area contributed by atoms with Crippen molar-refractivity contribution >= 4 is 28.7 Å². The molecule has 41 heavy (non-hydrogen) atoms. The summed E-state index contributed by atoms with van der Waals surface area (Å²) in [6.45, 7) is 4.92. The van der Waals surface area contributed by atoms with Crippen LogP contribution < -0.4 is 15.4 Å². The van der Waals surface area contributed by atoms with Crippen LogP contribution in [0.25, 0.3) is 10.9 Å². The average molecular weight is 565 g/mol. The van der Waals surface area contributed by atoms with Crippen LogP contribution in [0.2, 0.25) is 0 Å². The van der Waals surface area contributed by atoms with E-state index in [-0.39, 0.29) is 41.3 Å². The van der Waals surface area contributed by atoms with Crippen LogP contribution in [0, 0.1) is 28.6 Å². The Morgan fingerprint density at radius 2 is 1.78 bits per heavy atom. The second kappa shape index (κ2) is 10.6. The zero-order valence-electron chi connectivity index (χ0n) is 24.8. The van der Waals surface area contributed by atoms with Crippen LogP contribution in [0.5, 0.6) is 5.75 Å². The van der Waals surface area contributed by atoms with E-state index < -0.39 is 5.41 Å². The van der Waals surface area contributed by atoms with Crippen LogP contribution in [0.15, 0.2) is 18.3 Å². The maximum atomic E-state index is 13.7. The number of carbonyl (C=O) groups excluding carboxylic acids is 3. The minimum atomic E-state index is -0.489. The van der Waals surface area contributed by atoms with Crippen molar-refractivity contribution in [3.63, 3.8) is 0 Å². The van der Waals surface area contributed by atoms with Gasteiger partial charge in [0.15, 0.2) is 0 Å². The van der Waals surface area contributed by atoms with Gasteiger partial charge in [0, 0.05) is 30.6 Å². The zero-order chi connectivity index (χ0) is 28.9. The Hall–Kier alpha value is -3.10. The quantitative estimate of drug-likeness (QED) is 0.456. The van der Waals surface area contributed by atoms with Crippen molar-refractivity contribution in [2.75, 3.05) is 13.7 Å². The topological polar surface area (TPSA) is 112 Å². The number of ether oxygens (including phenoxy) is 2. The van der Waals surface area contributed by atoms with Gasteiger partial charge in [-0.2, -0.15) is 5.10 Å². The molecule has 4 aliphatic rings. The summed E-state index contributed by atoms with van der Waals surface area (Å²) in [5.74, 6) is 0.862. The number of benzene rings is 1. The van der Waals surface area contributed by atoms with Gasteiger partial charge in [-0.1, -0.05) is 13.3 Å². The number of nitrogens with zero attached hydrogens (tertiary/aromatic N) is 2. The number of carbonyl (C=O) groups is 3. The first kappa shape index (κ1) is 28.0. The van der Waals surface area contributed by atoms with Gasteiger partial charge in [0.05, 0.1) is 30.7 Å². The molecule has 1 aromatic heterocycles. The molecular weight excluding hydrogens is 520 g/mol. The van der Waals surface area contributed by atoms with E-state index in [1.54, 1.807) is 10.9 Å². The van der Waals surface area contributed by atoms with E-state index in [1.807, 2.05) is 26.1 Å². The lowest BCUT2D eigenvalue weighted by molar-refractivity contribution is -0.154. The summed E-state index contributed by atoms with van der Waals surface area (Å²) < 4.78 is 13.3. The number of methoxy groups -OCH3 is 1. The van der Waals surface area contributed by atoms with E-state index in [0.29, 0.717) is 36.0 Å². The van der Waals surface area contributed by atoms with Crippen molar-refractivity contribution in [2.45, 2.75) is 90.2 Å². The normalized spacial score (nSPS) is 31.9. The Balaban J connectivity index is 1.18. The number of hydrogen-bond acceptors (Lipinski definition) is 6. The molecule has 2 bridgehead atoms. The van der Waals surface area contributed by atoms with E-state index in [2.05, 4.69) is 22.7 Å². The molecular formula is C32H44N4O5. The van der Waals surface area contributed by atoms with E-state index in [9.17, 15) is 14.4 Å². The van der Waals surface area contributed by atoms with Crippen LogP contribution in [0.4, 0.5) is 0 Å². The third-order valence-corrected chi connectivity index (χ3v) is 10.8. The first-order valence-corrected chi connectivity index (χ1v) is 15.4. The molecule has 0 aliphatic heterocycles. The zero-order valence-corrected chi connectivity index (χ0v) is 24.8. The van der Waals surface area contributed by atoms with Crippen molar-refractivity contribution < 1.29 is 23.9 Å². The van der Waals surface area contributed by atoms with Gasteiger partial charge in [0.2, 0.25) is 5.91 Å². The highest BCUT2D eigenvalue weighted by Gasteiger charge is 2.51. The van der Waals surface area contributed by atoms with Gasteiger partial charge in [-0.3, -0.25) is 19.1 Å². The van der Waals surface area contributed by atoms with Crippen molar-refractivity contribution in [1.29, 1.82) is 0 Å². The summed E-state index contributed by atoms with van der Waals surface area (Å²) in [4.78, 5) is 39.4. The Kier molecular flexibility index (Phi) is 7.27. The van der Waals surface area contributed by atoms with Crippen molar-refractivity contribution in [3.05, 3.63) is 23.9 Å². The minimum absolute atomic E-state index is 0.0692. The molecule has 1 heterocycles. The molecule has 9 heteroatoms. The monoisotopic (exact) mass is 564 g/mol. The SMILES string of the molecule is COC(=O)C1(C)CCC(Oc2cc(C(=O)N[C@@H]3[C@H]4CC[C@H](C4)[C@@H]3C(=O)NCC3(C)CCC3)cc3cnn(C)c23)CC1. The minimum Gasteiger partial charge on any atom is -0.488 e. The molecule has 4 fully saturated rings. The maximum Gasteiger partial charge on any atom is 0.311 e. The highest BCUT2D eigenvalue weighted by Crippen LogP contribution is 2.49. The molecule has 0 radical (unpaired) electrons. The molecule has 0 saturated heterocycles. The number of aromatic nitrogens is 2. The van der Waals surface area contributed by atoms with E-state index >= 15 is 0 Å². The summed E-state index contributed by atoms with van der Waals surface area (Å²) >= 11 is 0. The number of rotatable bonds is 8. The molecule has 9 nitrogen and oxygen atoms in total. The number of hydrogen-bond donors (Lipinski definition) is 2. The summed E-state index contributed by atoms with van der Waals surface area (Å²) in [6, 6.07) is 3.52. The summed E-state index contributed by atoms with van der Waals surface area (Å²) in [5, 5.41) is 11.8. The molecule has 0 spiro atoms. The standard InChI is InChI=1S/C32H44N4O5/c1-31(10-5-11-31)18-33-29(38)25-19-6-7-20(14-19)26(25)35-28(37)21-15-22-17-34-36(3)27(22)24(16-21)41-23-8-12-32(2,13-9-23)30(39)40-4/h15-17,19-20,23,25-26H,5-14,18H2,1-4H3,(H,33,38)(H,35,37)/t19-,20+,23?,25+,26-,32?/m1/s1. The molecule has 2 amide bonds. The van der Waals surface area contributed by atoms with Crippen LogP contribution >= 0.6 is 0 Å². The molecule has 0 unspecified atom stereocenters. The third kappa shape index (κ3) is 5.21. The van der Waals surface area contributed by atoms with E-state index in [1.165, 1.54) is 13.5 Å². The lowest BCUT2D eigenvalue weighted by atomic mass is 9.70. The molecule has 2 N–H and O–H groups in total. The summed E-state index contributed by atoms with van der Waals surface area (Å²) in [7, 11) is 3.30. The van der Waals surface area contributed by atoms with Gasteiger partial charge >= 0.3 is 5.97 Å². The highest BCUT2D eigenvalue weighted by molar-refractivity contribution is 6.00. The molecule has 1 aromatic carbocycles. The molecule has 4 saturated carbocycles. The van der Waals surface area contributed by atoms with Gasteiger partial charge in [-0.15, -0.1) is 0 Å². The smallest absolute Gasteiger partial charge is 0.311 e. The largest absolute Gasteiger partial charge is 0.488 e. The first-order valence-electron chi connectivity index (χ1n) is 15.4. The van der Waals surface area contributed by atoms with Crippen LogP contribution in [-0.2, 0) is 21.4 Å². The van der Waals surface area contributed by atoms with Crippen molar-refractivity contribution in [1.82, 2.24) is 20.4 Å². The second-order valence-electron chi connectivity index (χ2n) is 13.8. The first-order chi connectivity index (χ1) is 19.6. The Morgan fingerprint density at radius 3 is 2.46 bits per heavy atom. The number of aryl methyl sites for hydroxylation is 1. The maximum absolute atomic E-state index is 13.7. The van der Waals surface area contributed by atoms with E-state index in [4.69, 9.17) is 9.47 Å². The number of nitrogens with one attached hydrogen (secondary N) is 2. The Labute approximate surface area is 242 Å². The van der Waals surface area contributed by atoms with Crippen LogP contribution in [0.1, 0.15) is 88.4 Å². The van der Waals surface area contributed by atoms with Gasteiger partial charge in [0.25, 0.3) is 5.91 Å². The van der Waals surface area contributed by atoms with Crippen LogP contribution in [0.3, 0.4) is 0 Å². The number of amides is 2. The molecule has 6 rings (SSSR count). The fourth-order valence-corrected chi connectivity index (χ4v) is 7.96. The molecule has 4 aliphatic carbocycles. The van der Waals surface area contributed by atoms with Gasteiger partial charge in [0.1, 0.15) is 11.3 Å². The third-order valence-electron chi connectivity index (χ3n) is 10.8. The number of fused-ring (bicyclic) bond motifs is 3. The Morgan fingerprint density at radius 1 is 1.05 bits per heavy atom. The van der Waals surface area contributed by atoms with Gasteiger partial charge < -0.3 is 20.1 Å². The fraction of sp³-hybridized carbons (Fsp3) is 0.688. The summed E-state index contributed by atoms with van der Waals surface area (Å²) in [5.41, 5.74) is 1.08. The second-order valence-corrected chi connectivity index (χ2v) is 13.8. The van der Waals surface area contributed by atoms with Gasteiger partial charge in [-0.25, -0.2) is 0 Å². The van der Waals surface area contributed by atoms with E-state index in [0.717, 1.165) is 62.4 Å². The number of esters is 1. The summed E-state index contributed by atoms with van der Waals surface area (Å²) in [6.07, 6.45) is 11.2. The molecule has 2 aromatic rings. The predicted octanol–water partition coefficient (Wildman–Crippen LogP) is 4.52. The highest BCUT2D eigenvalue weighted by atomic mass is 16.5. The fourth-order valence-electron chi connectivity index (χ4n) is 7.96. The molecule has 4 atom stereocenters. The van der Waals surface area contributed by atoms with Crippen molar-refractivity contribution in [3.8, 4) is 5.75 Å².